The predicted molar refractivity (Wildman–Crippen MR) is 98.6 cm³/mol. The normalized spacial score (nSPS) is 23.9. The van der Waals surface area contributed by atoms with E-state index in [2.05, 4.69) is 5.32 Å². The van der Waals surface area contributed by atoms with Gasteiger partial charge >= 0.3 is 0 Å². The average molecular weight is 377 g/mol. The van der Waals surface area contributed by atoms with Gasteiger partial charge < -0.3 is 24.8 Å². The number of β-amino-alcohol motifs (C(OH)–C–C–N with tert-alkyl or cyclic N) is 1. The number of aliphatic hydroxyl groups is 1. The summed E-state index contributed by atoms with van der Waals surface area (Å²) >= 11 is 0. The Labute approximate surface area is 159 Å². The molecule has 27 heavy (non-hydrogen) atoms. The standard InChI is InChI=1S/C19H27N3O5/c1-26-15-6-3-5-14(17(15)27-2)11-22-9-4-7-19(25,18(22)24)13-21-10-8-20-16(23)12-21/h3,5-6,25H,4,7-13H2,1-2H3,(H,20,23)/t19-/m0/s1. The Hall–Kier alpha value is -2.32. The molecule has 1 aromatic rings. The van der Waals surface area contributed by atoms with E-state index in [1.54, 1.807) is 25.2 Å². The van der Waals surface area contributed by atoms with Crippen molar-refractivity contribution in [3.05, 3.63) is 23.8 Å². The zero-order valence-electron chi connectivity index (χ0n) is 15.9. The molecule has 0 saturated carbocycles. The van der Waals surface area contributed by atoms with Crippen molar-refractivity contribution in [3.63, 3.8) is 0 Å². The molecule has 2 fully saturated rings. The molecule has 0 aromatic heterocycles. The fourth-order valence-corrected chi connectivity index (χ4v) is 3.84. The number of hydrogen-bond donors (Lipinski definition) is 2. The van der Waals surface area contributed by atoms with E-state index in [1.165, 1.54) is 0 Å². The van der Waals surface area contributed by atoms with Gasteiger partial charge in [-0.15, -0.1) is 0 Å². The van der Waals surface area contributed by atoms with E-state index in [9.17, 15) is 14.7 Å². The molecule has 0 spiro atoms. The van der Waals surface area contributed by atoms with E-state index < -0.39 is 5.60 Å². The molecule has 1 atom stereocenters. The van der Waals surface area contributed by atoms with Crippen LogP contribution in [0.1, 0.15) is 18.4 Å². The van der Waals surface area contributed by atoms with Gasteiger partial charge in [0.2, 0.25) is 5.91 Å². The maximum absolute atomic E-state index is 13.0. The van der Waals surface area contributed by atoms with Crippen molar-refractivity contribution in [2.75, 3.05) is 46.9 Å². The Bertz CT molecular complexity index is 711. The Morgan fingerprint density at radius 3 is 2.74 bits per heavy atom. The highest BCUT2D eigenvalue weighted by atomic mass is 16.5. The Morgan fingerprint density at radius 1 is 1.22 bits per heavy atom. The lowest BCUT2D eigenvalue weighted by Gasteiger charge is -2.41. The van der Waals surface area contributed by atoms with Crippen LogP contribution in [-0.2, 0) is 16.1 Å². The molecule has 148 valence electrons. The summed E-state index contributed by atoms with van der Waals surface area (Å²) in [5.41, 5.74) is -0.645. The van der Waals surface area contributed by atoms with Crippen LogP contribution < -0.4 is 14.8 Å². The highest BCUT2D eigenvalue weighted by molar-refractivity contribution is 5.86. The Morgan fingerprint density at radius 2 is 2.04 bits per heavy atom. The number of likely N-dealkylation sites (tertiary alicyclic amines) is 1. The summed E-state index contributed by atoms with van der Waals surface area (Å²) in [6.45, 7) is 2.45. The smallest absolute Gasteiger partial charge is 0.256 e. The Balaban J connectivity index is 1.74. The van der Waals surface area contributed by atoms with Crippen LogP contribution in [0.15, 0.2) is 18.2 Å². The van der Waals surface area contributed by atoms with Crippen LogP contribution in [0.25, 0.3) is 0 Å². The molecule has 0 radical (unpaired) electrons. The summed E-state index contributed by atoms with van der Waals surface area (Å²) < 4.78 is 10.8. The van der Waals surface area contributed by atoms with Gasteiger partial charge in [0, 0.05) is 38.3 Å². The molecule has 0 aliphatic carbocycles. The Kier molecular flexibility index (Phi) is 5.86. The van der Waals surface area contributed by atoms with Crippen LogP contribution in [0.5, 0.6) is 11.5 Å². The van der Waals surface area contributed by atoms with E-state index in [-0.39, 0.29) is 24.9 Å². The van der Waals surface area contributed by atoms with Crippen molar-refractivity contribution in [2.24, 2.45) is 0 Å². The summed E-state index contributed by atoms with van der Waals surface area (Å²) in [7, 11) is 3.14. The lowest BCUT2D eigenvalue weighted by Crippen LogP contribution is -2.60. The highest BCUT2D eigenvalue weighted by Crippen LogP contribution is 2.33. The SMILES string of the molecule is COc1cccc(CN2CCC[C@](O)(CN3CCNC(=O)C3)C2=O)c1OC. The van der Waals surface area contributed by atoms with E-state index in [1.807, 2.05) is 17.0 Å². The van der Waals surface area contributed by atoms with Gasteiger partial charge in [0.25, 0.3) is 5.91 Å². The molecule has 8 heteroatoms. The lowest BCUT2D eigenvalue weighted by molar-refractivity contribution is -0.161. The number of piperidine rings is 1. The number of amides is 2. The monoisotopic (exact) mass is 377 g/mol. The van der Waals surface area contributed by atoms with Gasteiger partial charge in [0.05, 0.1) is 20.8 Å². The lowest BCUT2D eigenvalue weighted by atomic mass is 9.90. The minimum absolute atomic E-state index is 0.0777. The second-order valence-corrected chi connectivity index (χ2v) is 7.08. The quantitative estimate of drug-likeness (QED) is 0.725. The summed E-state index contributed by atoms with van der Waals surface area (Å²) in [5.74, 6) is 0.819. The third-order valence-corrected chi connectivity index (χ3v) is 5.15. The molecule has 1 aromatic carbocycles. The number of hydrogen-bond acceptors (Lipinski definition) is 6. The molecule has 2 aliphatic heterocycles. The number of benzene rings is 1. The number of ether oxygens (including phenoxy) is 2. The first kappa shape index (κ1) is 19.4. The van der Waals surface area contributed by atoms with Gasteiger partial charge in [0.15, 0.2) is 17.1 Å². The van der Waals surface area contributed by atoms with E-state index in [0.29, 0.717) is 50.5 Å². The van der Waals surface area contributed by atoms with Crippen LogP contribution in [0.3, 0.4) is 0 Å². The topological polar surface area (TPSA) is 91.3 Å². The summed E-state index contributed by atoms with van der Waals surface area (Å²) in [4.78, 5) is 28.1. The van der Waals surface area contributed by atoms with Crippen LogP contribution >= 0.6 is 0 Å². The van der Waals surface area contributed by atoms with Gasteiger partial charge in [-0.1, -0.05) is 12.1 Å². The number of carbonyl (C=O) groups excluding carboxylic acids is 2. The van der Waals surface area contributed by atoms with Crippen LogP contribution in [-0.4, -0.2) is 79.3 Å². The number of methoxy groups -OCH3 is 2. The summed E-state index contributed by atoms with van der Waals surface area (Å²) in [6, 6.07) is 5.54. The predicted octanol–water partition coefficient (Wildman–Crippen LogP) is -0.0109. The third kappa shape index (κ3) is 4.17. The fourth-order valence-electron chi connectivity index (χ4n) is 3.84. The molecular weight excluding hydrogens is 350 g/mol. The van der Waals surface area contributed by atoms with Crippen LogP contribution in [0.2, 0.25) is 0 Å². The van der Waals surface area contributed by atoms with Gasteiger partial charge in [-0.3, -0.25) is 14.5 Å². The van der Waals surface area contributed by atoms with Crippen molar-refractivity contribution in [1.29, 1.82) is 0 Å². The zero-order valence-corrected chi connectivity index (χ0v) is 15.9. The van der Waals surface area contributed by atoms with Crippen molar-refractivity contribution < 1.29 is 24.2 Å². The first-order chi connectivity index (χ1) is 13.0. The summed E-state index contributed by atoms with van der Waals surface area (Å²) in [5, 5.41) is 13.8. The van der Waals surface area contributed by atoms with Crippen LogP contribution in [0.4, 0.5) is 0 Å². The molecule has 2 N–H and O–H groups in total. The van der Waals surface area contributed by atoms with Crippen molar-refractivity contribution in [3.8, 4) is 11.5 Å². The number of carbonyl (C=O) groups is 2. The zero-order chi connectivity index (χ0) is 19.4. The molecule has 0 unspecified atom stereocenters. The fraction of sp³-hybridized carbons (Fsp3) is 0.579. The average Bonchev–Trinajstić information content (AvgIpc) is 2.65. The third-order valence-electron chi connectivity index (χ3n) is 5.15. The second kappa shape index (κ2) is 8.14. The van der Waals surface area contributed by atoms with Crippen molar-refractivity contribution in [1.82, 2.24) is 15.1 Å². The van der Waals surface area contributed by atoms with Crippen LogP contribution in [0, 0.1) is 0 Å². The van der Waals surface area contributed by atoms with Gasteiger partial charge in [-0.05, 0) is 18.9 Å². The summed E-state index contributed by atoms with van der Waals surface area (Å²) in [6.07, 6.45) is 1.10. The number of nitrogens with one attached hydrogen (secondary N) is 1. The maximum atomic E-state index is 13.0. The van der Waals surface area contributed by atoms with Gasteiger partial charge in [-0.2, -0.15) is 0 Å². The highest BCUT2D eigenvalue weighted by Gasteiger charge is 2.44. The number of piperazine rings is 1. The number of para-hydroxylation sites is 1. The molecule has 2 saturated heterocycles. The van der Waals surface area contributed by atoms with Gasteiger partial charge in [-0.25, -0.2) is 0 Å². The number of rotatable bonds is 6. The second-order valence-electron chi connectivity index (χ2n) is 7.08. The van der Waals surface area contributed by atoms with Gasteiger partial charge in [0.1, 0.15) is 0 Å². The minimum Gasteiger partial charge on any atom is -0.493 e. The molecular formula is C19H27N3O5. The van der Waals surface area contributed by atoms with E-state index in [4.69, 9.17) is 9.47 Å². The minimum atomic E-state index is -1.47. The number of nitrogens with zero attached hydrogens (tertiary/aromatic N) is 2. The van der Waals surface area contributed by atoms with E-state index >= 15 is 0 Å². The molecule has 3 rings (SSSR count). The first-order valence-electron chi connectivity index (χ1n) is 9.17. The maximum Gasteiger partial charge on any atom is 0.256 e. The molecule has 0 bridgehead atoms. The van der Waals surface area contributed by atoms with Crippen molar-refractivity contribution in [2.45, 2.75) is 25.0 Å². The first-order valence-corrected chi connectivity index (χ1v) is 9.17. The molecule has 2 aliphatic rings. The molecule has 2 heterocycles. The van der Waals surface area contributed by atoms with E-state index in [0.717, 1.165) is 5.56 Å². The molecule has 8 nitrogen and oxygen atoms in total. The molecule has 2 amide bonds. The van der Waals surface area contributed by atoms with Crippen molar-refractivity contribution >= 4 is 11.8 Å². The largest absolute Gasteiger partial charge is 0.493 e.